The smallest absolute Gasteiger partial charge is 0.246 e. The van der Waals surface area contributed by atoms with Crippen molar-refractivity contribution in [3.8, 4) is 16.9 Å². The average Bonchev–Trinajstić information content (AvgIpc) is 3.41. The number of aromatic nitrogens is 5. The van der Waals surface area contributed by atoms with E-state index in [2.05, 4.69) is 55.2 Å². The van der Waals surface area contributed by atoms with Crippen LogP contribution in [0.3, 0.4) is 0 Å². The van der Waals surface area contributed by atoms with Crippen molar-refractivity contribution in [2.75, 3.05) is 68.0 Å². The quantitative estimate of drug-likeness (QED) is 0.402. The molecule has 38 heavy (non-hydrogen) atoms. The third kappa shape index (κ3) is 4.52. The van der Waals surface area contributed by atoms with Crippen molar-refractivity contribution >= 4 is 34.5 Å². The lowest BCUT2D eigenvalue weighted by atomic mass is 10.2. The Morgan fingerprint density at radius 2 is 1.58 bits per heavy atom. The van der Waals surface area contributed by atoms with E-state index in [4.69, 9.17) is 20.4 Å². The third-order valence-electron chi connectivity index (χ3n) is 7.03. The van der Waals surface area contributed by atoms with Crippen LogP contribution < -0.4 is 15.5 Å². The van der Waals surface area contributed by atoms with Gasteiger partial charge in [0.05, 0.1) is 18.9 Å². The molecule has 0 bridgehead atoms. The Labute approximate surface area is 220 Å². The Morgan fingerprint density at radius 3 is 2.26 bits per heavy atom. The van der Waals surface area contributed by atoms with Crippen LogP contribution in [0.25, 0.3) is 28.0 Å². The number of hydrogen-bond donors (Lipinski definition) is 1. The Bertz CT molecular complexity index is 1450. The van der Waals surface area contributed by atoms with Gasteiger partial charge in [-0.1, -0.05) is 6.58 Å². The molecule has 2 fully saturated rings. The fourth-order valence-electron chi connectivity index (χ4n) is 4.93. The van der Waals surface area contributed by atoms with E-state index in [1.807, 2.05) is 17.2 Å². The second kappa shape index (κ2) is 10.1. The molecule has 6 rings (SSSR count). The van der Waals surface area contributed by atoms with Crippen molar-refractivity contribution < 1.29 is 9.53 Å². The summed E-state index contributed by atoms with van der Waals surface area (Å²) in [4.78, 5) is 36.4. The lowest BCUT2D eigenvalue weighted by Gasteiger charge is -2.35. The zero-order valence-corrected chi connectivity index (χ0v) is 21.0. The minimum atomic E-state index is -0.0113. The molecule has 11 nitrogen and oxygen atoms in total. The van der Waals surface area contributed by atoms with Crippen LogP contribution >= 0.6 is 0 Å². The second-order valence-corrected chi connectivity index (χ2v) is 9.26. The minimum absolute atomic E-state index is 0.0113. The second-order valence-electron chi connectivity index (χ2n) is 9.26. The van der Waals surface area contributed by atoms with Crippen LogP contribution in [0.1, 0.15) is 0 Å². The molecule has 5 heterocycles. The number of morpholine rings is 1. The van der Waals surface area contributed by atoms with Crippen molar-refractivity contribution in [1.82, 2.24) is 29.4 Å². The number of carbonyl (C=O) groups is 1. The summed E-state index contributed by atoms with van der Waals surface area (Å²) in [5, 5.41) is 0.905. The summed E-state index contributed by atoms with van der Waals surface area (Å²) in [5.41, 5.74) is 10.2. The molecule has 1 aromatic carbocycles. The summed E-state index contributed by atoms with van der Waals surface area (Å²) in [6, 6.07) is 10.4. The Hall–Kier alpha value is -4.51. The third-order valence-corrected chi connectivity index (χ3v) is 7.03. The summed E-state index contributed by atoms with van der Waals surface area (Å²) in [5.74, 6) is 0.859. The molecule has 1 amide bonds. The van der Waals surface area contributed by atoms with Crippen molar-refractivity contribution in [1.29, 1.82) is 0 Å². The highest BCUT2D eigenvalue weighted by atomic mass is 16.5. The van der Waals surface area contributed by atoms with Crippen molar-refractivity contribution in [3.63, 3.8) is 0 Å². The number of nitrogens with two attached hydrogens (primary N) is 1. The SMILES string of the molecule is C=CC(=O)N1CCN(c2ccc(-n3ccc4c(-c5cnc(N)nc5)nc(N5CCOCC5)nc43)cc2)CC1. The van der Waals surface area contributed by atoms with Gasteiger partial charge in [0, 0.05) is 80.2 Å². The number of anilines is 3. The van der Waals surface area contributed by atoms with Gasteiger partial charge in [-0.15, -0.1) is 0 Å². The molecule has 2 aliphatic heterocycles. The fourth-order valence-corrected chi connectivity index (χ4v) is 4.93. The highest BCUT2D eigenvalue weighted by Gasteiger charge is 2.22. The van der Waals surface area contributed by atoms with Crippen LogP contribution in [0, 0.1) is 0 Å². The molecule has 2 N–H and O–H groups in total. The van der Waals surface area contributed by atoms with E-state index in [9.17, 15) is 4.79 Å². The number of fused-ring (bicyclic) bond motifs is 1. The average molecular weight is 512 g/mol. The topological polar surface area (TPSA) is 119 Å². The molecule has 3 aromatic heterocycles. The van der Waals surface area contributed by atoms with Gasteiger partial charge < -0.3 is 29.7 Å². The minimum Gasteiger partial charge on any atom is -0.378 e. The summed E-state index contributed by atoms with van der Waals surface area (Å²) in [7, 11) is 0. The first-order valence-electron chi connectivity index (χ1n) is 12.7. The molecule has 0 aliphatic carbocycles. The van der Waals surface area contributed by atoms with Gasteiger partial charge in [0.1, 0.15) is 0 Å². The molecular formula is C27H29N9O2. The van der Waals surface area contributed by atoms with E-state index in [0.717, 1.165) is 59.8 Å². The zero-order chi connectivity index (χ0) is 26.1. The monoisotopic (exact) mass is 511 g/mol. The van der Waals surface area contributed by atoms with Gasteiger partial charge in [-0.25, -0.2) is 15.0 Å². The number of amides is 1. The van der Waals surface area contributed by atoms with Crippen LogP contribution in [0.15, 0.2) is 61.6 Å². The van der Waals surface area contributed by atoms with Gasteiger partial charge >= 0.3 is 0 Å². The summed E-state index contributed by atoms with van der Waals surface area (Å²) < 4.78 is 7.61. The first kappa shape index (κ1) is 23.9. The highest BCUT2D eigenvalue weighted by Crippen LogP contribution is 2.31. The van der Waals surface area contributed by atoms with Crippen LogP contribution in [0.2, 0.25) is 0 Å². The number of nitrogen functional groups attached to an aromatic ring is 1. The molecule has 194 valence electrons. The number of ether oxygens (including phenoxy) is 1. The molecule has 0 saturated carbocycles. The van der Waals surface area contributed by atoms with Crippen molar-refractivity contribution in [2.45, 2.75) is 0 Å². The molecule has 0 spiro atoms. The van der Waals surface area contributed by atoms with E-state index in [0.29, 0.717) is 32.3 Å². The molecule has 0 atom stereocenters. The van der Waals surface area contributed by atoms with Gasteiger partial charge in [-0.05, 0) is 36.4 Å². The predicted octanol–water partition coefficient (Wildman–Crippen LogP) is 2.13. The van der Waals surface area contributed by atoms with Crippen molar-refractivity contribution in [3.05, 3.63) is 61.6 Å². The first-order chi connectivity index (χ1) is 18.6. The highest BCUT2D eigenvalue weighted by molar-refractivity contribution is 5.92. The molecule has 2 saturated heterocycles. The number of nitrogens with zero attached hydrogens (tertiary/aromatic N) is 8. The summed E-state index contributed by atoms with van der Waals surface area (Å²) in [6.45, 7) is 9.27. The van der Waals surface area contributed by atoms with Crippen LogP contribution in [-0.2, 0) is 9.53 Å². The Kier molecular flexibility index (Phi) is 6.34. The number of carbonyl (C=O) groups excluding carboxylic acids is 1. The number of benzene rings is 1. The van der Waals surface area contributed by atoms with E-state index < -0.39 is 0 Å². The van der Waals surface area contributed by atoms with Gasteiger partial charge in [0.2, 0.25) is 17.8 Å². The maximum Gasteiger partial charge on any atom is 0.246 e. The van der Waals surface area contributed by atoms with Crippen LogP contribution in [0.5, 0.6) is 0 Å². The summed E-state index contributed by atoms with van der Waals surface area (Å²) >= 11 is 0. The Balaban J connectivity index is 1.34. The number of rotatable bonds is 5. The van der Waals surface area contributed by atoms with E-state index in [1.165, 1.54) is 6.08 Å². The molecule has 2 aliphatic rings. The largest absolute Gasteiger partial charge is 0.378 e. The molecular weight excluding hydrogens is 482 g/mol. The number of piperazine rings is 1. The number of hydrogen-bond acceptors (Lipinski definition) is 9. The molecule has 0 unspecified atom stereocenters. The fraction of sp³-hybridized carbons (Fsp3) is 0.296. The van der Waals surface area contributed by atoms with E-state index in [1.54, 1.807) is 12.4 Å². The molecule has 0 radical (unpaired) electrons. The van der Waals surface area contributed by atoms with Gasteiger partial charge in [-0.3, -0.25) is 4.79 Å². The normalized spacial score (nSPS) is 16.2. The van der Waals surface area contributed by atoms with Gasteiger partial charge in [0.15, 0.2) is 5.65 Å². The summed E-state index contributed by atoms with van der Waals surface area (Å²) in [6.07, 6.45) is 6.79. The Morgan fingerprint density at radius 1 is 0.895 bits per heavy atom. The molecule has 11 heteroatoms. The van der Waals surface area contributed by atoms with Gasteiger partial charge in [-0.2, -0.15) is 4.98 Å². The van der Waals surface area contributed by atoms with E-state index >= 15 is 0 Å². The van der Waals surface area contributed by atoms with Gasteiger partial charge in [0.25, 0.3) is 0 Å². The van der Waals surface area contributed by atoms with Crippen LogP contribution in [-0.4, -0.2) is 87.8 Å². The van der Waals surface area contributed by atoms with Crippen LogP contribution in [0.4, 0.5) is 17.6 Å². The standard InChI is InChI=1S/C27H29N9O2/c1-2-23(37)34-11-9-33(10-12-34)20-3-5-21(6-4-20)36-8-7-22-24(19-17-29-26(28)30-18-19)31-27(32-25(22)36)35-13-15-38-16-14-35/h2-8,17-18H,1,9-16H2,(H2,28,29,30). The maximum atomic E-state index is 11.9. The molecule has 4 aromatic rings. The lowest BCUT2D eigenvalue weighted by molar-refractivity contribution is -0.126. The van der Waals surface area contributed by atoms with E-state index in [-0.39, 0.29) is 11.9 Å². The maximum absolute atomic E-state index is 11.9. The first-order valence-corrected chi connectivity index (χ1v) is 12.7. The predicted molar refractivity (Wildman–Crippen MR) is 146 cm³/mol. The lowest BCUT2D eigenvalue weighted by Crippen LogP contribution is -2.48. The van der Waals surface area contributed by atoms with Crippen molar-refractivity contribution in [2.24, 2.45) is 0 Å². The zero-order valence-electron chi connectivity index (χ0n) is 21.0.